The van der Waals surface area contributed by atoms with Crippen LogP contribution in [0.3, 0.4) is 0 Å². The molecule has 0 radical (unpaired) electrons. The zero-order valence-electron chi connectivity index (χ0n) is 15.3. The number of carboxylic acids is 1. The summed E-state index contributed by atoms with van der Waals surface area (Å²) in [4.78, 5) is 13.3. The fourth-order valence-electron chi connectivity index (χ4n) is 2.91. The summed E-state index contributed by atoms with van der Waals surface area (Å²) in [5.74, 6) is -0.218. The van der Waals surface area contributed by atoms with E-state index in [0.717, 1.165) is 4.47 Å². The maximum atomic E-state index is 11.9. The highest BCUT2D eigenvalue weighted by molar-refractivity contribution is 9.10. The van der Waals surface area contributed by atoms with Crippen LogP contribution in [0.4, 0.5) is 0 Å². The van der Waals surface area contributed by atoms with Gasteiger partial charge in [-0.15, -0.1) is 15.0 Å². The standard InChI is InChI=1S/C21H16BrN3O4/c1-28-15-9-10-19(29-20(21(26)27)13-5-4-6-14(22)11-13)18(12-15)25-23-16-7-2-3-8-17(16)24-25/h2-12,20H,1H3,(H,26,27). The lowest BCUT2D eigenvalue weighted by atomic mass is 10.1. The molecule has 4 aromatic rings. The van der Waals surface area contributed by atoms with Crippen LogP contribution in [0.2, 0.25) is 0 Å². The zero-order valence-corrected chi connectivity index (χ0v) is 16.9. The molecule has 29 heavy (non-hydrogen) atoms. The number of carboxylic acid groups (broad SMARTS) is 1. The molecule has 0 spiro atoms. The van der Waals surface area contributed by atoms with Gasteiger partial charge < -0.3 is 14.6 Å². The van der Waals surface area contributed by atoms with Gasteiger partial charge in [-0.2, -0.15) is 0 Å². The highest BCUT2D eigenvalue weighted by Gasteiger charge is 2.24. The zero-order chi connectivity index (χ0) is 20.4. The fraction of sp³-hybridized carbons (Fsp3) is 0.0952. The number of aromatic nitrogens is 3. The van der Waals surface area contributed by atoms with E-state index in [1.54, 1.807) is 43.5 Å². The molecule has 1 aromatic heterocycles. The molecular formula is C21H16BrN3O4. The molecule has 0 aliphatic carbocycles. The Morgan fingerprint density at radius 3 is 2.38 bits per heavy atom. The Morgan fingerprint density at radius 1 is 1.03 bits per heavy atom. The first-order valence-electron chi connectivity index (χ1n) is 8.70. The molecule has 0 saturated heterocycles. The van der Waals surface area contributed by atoms with Crippen LogP contribution in [0.25, 0.3) is 16.7 Å². The van der Waals surface area contributed by atoms with Crippen molar-refractivity contribution in [1.29, 1.82) is 0 Å². The second kappa shape index (κ2) is 7.92. The predicted octanol–water partition coefficient (Wildman–Crippen LogP) is 4.40. The third-order valence-electron chi connectivity index (χ3n) is 4.29. The lowest BCUT2D eigenvalue weighted by Crippen LogP contribution is -2.19. The third kappa shape index (κ3) is 3.93. The van der Waals surface area contributed by atoms with Crippen LogP contribution in [-0.2, 0) is 4.79 Å². The van der Waals surface area contributed by atoms with Crippen molar-refractivity contribution >= 4 is 32.9 Å². The van der Waals surface area contributed by atoms with E-state index in [1.807, 2.05) is 30.3 Å². The summed E-state index contributed by atoms with van der Waals surface area (Å²) in [6.45, 7) is 0. The van der Waals surface area contributed by atoms with Crippen molar-refractivity contribution in [3.63, 3.8) is 0 Å². The molecule has 4 rings (SSSR count). The quantitative estimate of drug-likeness (QED) is 0.465. The van der Waals surface area contributed by atoms with E-state index in [1.165, 1.54) is 4.80 Å². The number of methoxy groups -OCH3 is 1. The Labute approximate surface area is 174 Å². The summed E-state index contributed by atoms with van der Waals surface area (Å²) in [5.41, 5.74) is 2.40. The summed E-state index contributed by atoms with van der Waals surface area (Å²) >= 11 is 3.37. The first-order valence-corrected chi connectivity index (χ1v) is 9.50. The number of rotatable bonds is 6. The average Bonchev–Trinajstić information content (AvgIpc) is 3.16. The molecule has 0 bridgehead atoms. The monoisotopic (exact) mass is 453 g/mol. The smallest absolute Gasteiger partial charge is 0.349 e. The molecule has 8 heteroatoms. The van der Waals surface area contributed by atoms with E-state index in [0.29, 0.717) is 33.8 Å². The summed E-state index contributed by atoms with van der Waals surface area (Å²) in [6.07, 6.45) is -1.20. The Hall–Kier alpha value is -3.39. The summed E-state index contributed by atoms with van der Waals surface area (Å²) < 4.78 is 12.0. The van der Waals surface area contributed by atoms with E-state index in [-0.39, 0.29) is 0 Å². The van der Waals surface area contributed by atoms with Gasteiger partial charge in [-0.1, -0.05) is 40.2 Å². The predicted molar refractivity (Wildman–Crippen MR) is 111 cm³/mol. The molecular weight excluding hydrogens is 438 g/mol. The molecule has 7 nitrogen and oxygen atoms in total. The van der Waals surface area contributed by atoms with Crippen LogP contribution in [0.5, 0.6) is 11.5 Å². The number of aliphatic carboxylic acids is 1. The Kier molecular flexibility index (Phi) is 5.18. The van der Waals surface area contributed by atoms with Crippen molar-refractivity contribution < 1.29 is 19.4 Å². The lowest BCUT2D eigenvalue weighted by Gasteiger charge is -2.18. The van der Waals surface area contributed by atoms with E-state index in [2.05, 4.69) is 26.1 Å². The number of fused-ring (bicyclic) bond motifs is 1. The van der Waals surface area contributed by atoms with Gasteiger partial charge in [-0.3, -0.25) is 0 Å². The van der Waals surface area contributed by atoms with E-state index >= 15 is 0 Å². The van der Waals surface area contributed by atoms with E-state index in [4.69, 9.17) is 9.47 Å². The van der Waals surface area contributed by atoms with Gasteiger partial charge >= 0.3 is 5.97 Å². The van der Waals surface area contributed by atoms with Crippen LogP contribution < -0.4 is 9.47 Å². The highest BCUT2D eigenvalue weighted by atomic mass is 79.9. The molecule has 0 saturated carbocycles. The molecule has 3 aromatic carbocycles. The molecule has 1 atom stereocenters. The molecule has 0 fully saturated rings. The molecule has 0 amide bonds. The molecule has 0 aliphatic rings. The van der Waals surface area contributed by atoms with Crippen molar-refractivity contribution in [3.05, 3.63) is 76.8 Å². The number of carbonyl (C=O) groups is 1. The van der Waals surface area contributed by atoms with Gasteiger partial charge in [0.25, 0.3) is 0 Å². The largest absolute Gasteiger partial charge is 0.497 e. The van der Waals surface area contributed by atoms with Gasteiger partial charge in [0, 0.05) is 16.1 Å². The topological polar surface area (TPSA) is 86.5 Å². The first kappa shape index (κ1) is 18.9. The van der Waals surface area contributed by atoms with Gasteiger partial charge in [0.15, 0.2) is 0 Å². The van der Waals surface area contributed by atoms with Gasteiger partial charge in [0.05, 0.1) is 7.11 Å². The maximum Gasteiger partial charge on any atom is 0.349 e. The van der Waals surface area contributed by atoms with Crippen molar-refractivity contribution in [1.82, 2.24) is 15.0 Å². The Balaban J connectivity index is 1.79. The minimum atomic E-state index is -1.20. The molecule has 1 heterocycles. The Bertz CT molecular complexity index is 1160. The van der Waals surface area contributed by atoms with Crippen LogP contribution in [-0.4, -0.2) is 33.2 Å². The van der Waals surface area contributed by atoms with Crippen molar-refractivity contribution in [3.8, 4) is 17.2 Å². The van der Waals surface area contributed by atoms with Crippen LogP contribution in [0, 0.1) is 0 Å². The van der Waals surface area contributed by atoms with Crippen LogP contribution in [0.15, 0.2) is 71.2 Å². The van der Waals surface area contributed by atoms with Gasteiger partial charge in [0.1, 0.15) is 28.2 Å². The third-order valence-corrected chi connectivity index (χ3v) is 4.78. The number of benzene rings is 3. The molecule has 0 aliphatic heterocycles. The summed E-state index contributed by atoms with van der Waals surface area (Å²) in [6, 6.07) is 19.5. The fourth-order valence-corrected chi connectivity index (χ4v) is 3.32. The van der Waals surface area contributed by atoms with E-state index in [9.17, 15) is 9.90 Å². The summed E-state index contributed by atoms with van der Waals surface area (Å²) in [5, 5.41) is 18.7. The van der Waals surface area contributed by atoms with E-state index < -0.39 is 12.1 Å². The van der Waals surface area contributed by atoms with Gasteiger partial charge in [0.2, 0.25) is 6.10 Å². The minimum Gasteiger partial charge on any atom is -0.497 e. The van der Waals surface area contributed by atoms with Crippen molar-refractivity contribution in [2.45, 2.75) is 6.10 Å². The van der Waals surface area contributed by atoms with Crippen LogP contribution in [0.1, 0.15) is 11.7 Å². The SMILES string of the molecule is COc1ccc(OC(C(=O)O)c2cccc(Br)c2)c(-n2nc3ccccc3n2)c1. The number of hydrogen-bond donors (Lipinski definition) is 1. The summed E-state index contributed by atoms with van der Waals surface area (Å²) in [7, 11) is 1.55. The average molecular weight is 454 g/mol. The lowest BCUT2D eigenvalue weighted by molar-refractivity contribution is -0.145. The van der Waals surface area contributed by atoms with Crippen LogP contribution >= 0.6 is 15.9 Å². The minimum absolute atomic E-state index is 0.318. The number of halogens is 1. The van der Waals surface area contributed by atoms with Gasteiger partial charge in [-0.05, 0) is 36.4 Å². The number of hydrogen-bond acceptors (Lipinski definition) is 5. The van der Waals surface area contributed by atoms with Crippen molar-refractivity contribution in [2.75, 3.05) is 7.11 Å². The number of ether oxygens (including phenoxy) is 2. The second-order valence-electron chi connectivity index (χ2n) is 6.20. The maximum absolute atomic E-state index is 11.9. The first-order chi connectivity index (χ1) is 14.0. The number of nitrogens with zero attached hydrogens (tertiary/aromatic N) is 3. The molecule has 146 valence electrons. The highest BCUT2D eigenvalue weighted by Crippen LogP contribution is 2.32. The Morgan fingerprint density at radius 2 is 1.76 bits per heavy atom. The van der Waals surface area contributed by atoms with Crippen molar-refractivity contribution in [2.24, 2.45) is 0 Å². The second-order valence-corrected chi connectivity index (χ2v) is 7.12. The normalized spacial score (nSPS) is 11.9. The van der Waals surface area contributed by atoms with Gasteiger partial charge in [-0.25, -0.2) is 4.79 Å². The molecule has 1 N–H and O–H groups in total. The molecule has 1 unspecified atom stereocenters.